The van der Waals surface area contributed by atoms with Gasteiger partial charge in [-0.25, -0.2) is 8.51 Å². The minimum Gasteiger partial charge on any atom is -0.383 e. The first-order valence-corrected chi connectivity index (χ1v) is 11.0. The summed E-state index contributed by atoms with van der Waals surface area (Å²) in [6, 6.07) is 18.4. The molecule has 1 unspecified atom stereocenters. The van der Waals surface area contributed by atoms with Gasteiger partial charge in [0.05, 0.1) is 11.5 Å². The van der Waals surface area contributed by atoms with Crippen LogP contribution in [0.5, 0.6) is 0 Å². The predicted molar refractivity (Wildman–Crippen MR) is 114 cm³/mol. The zero-order valence-corrected chi connectivity index (χ0v) is 17.7. The lowest BCUT2D eigenvalue weighted by atomic mass is 10.2. The molecule has 0 spiro atoms. The molecule has 0 aliphatic carbocycles. The van der Waals surface area contributed by atoms with E-state index in [-0.39, 0.29) is 0 Å². The molecule has 1 fully saturated rings. The van der Waals surface area contributed by atoms with Crippen LogP contribution in [0.25, 0.3) is 0 Å². The summed E-state index contributed by atoms with van der Waals surface area (Å²) in [5.41, 5.74) is 2.39. The van der Waals surface area contributed by atoms with Gasteiger partial charge in [-0.15, -0.1) is 0 Å². The highest BCUT2D eigenvalue weighted by atomic mass is 32.2. The maximum atomic E-state index is 12.9. The van der Waals surface area contributed by atoms with Crippen LogP contribution in [0.1, 0.15) is 11.1 Å². The Hall–Kier alpha value is -1.57. The van der Waals surface area contributed by atoms with Crippen LogP contribution in [-0.2, 0) is 28.8 Å². The van der Waals surface area contributed by atoms with Gasteiger partial charge in [-0.05, 0) is 23.3 Å². The fraction of sp³-hybridized carbons (Fsp3) is 0.455. The van der Waals surface area contributed by atoms with Crippen molar-refractivity contribution in [2.24, 2.45) is 0 Å². The van der Waals surface area contributed by atoms with Crippen molar-refractivity contribution < 1.29 is 8.95 Å². The lowest BCUT2D eigenvalue weighted by Gasteiger charge is -2.34. The third-order valence-corrected chi connectivity index (χ3v) is 6.47. The molecule has 0 bridgehead atoms. The average Bonchev–Trinajstić information content (AvgIpc) is 2.73. The third kappa shape index (κ3) is 6.22. The fourth-order valence-electron chi connectivity index (χ4n) is 3.48. The smallest absolute Gasteiger partial charge is 0.127 e. The van der Waals surface area contributed by atoms with E-state index in [2.05, 4.69) is 34.1 Å². The first-order valence-electron chi connectivity index (χ1n) is 9.85. The first kappa shape index (κ1) is 21.1. The summed E-state index contributed by atoms with van der Waals surface area (Å²) in [5.74, 6) is 0. The molecule has 152 valence electrons. The summed E-state index contributed by atoms with van der Waals surface area (Å²) in [5, 5.41) is 0. The Morgan fingerprint density at radius 2 is 1.64 bits per heavy atom. The molecule has 1 atom stereocenters. The van der Waals surface area contributed by atoms with Gasteiger partial charge in [0, 0.05) is 60.0 Å². The average molecular weight is 402 g/mol. The molecule has 1 saturated heterocycles. The molecule has 0 saturated carbocycles. The van der Waals surface area contributed by atoms with E-state index in [0.29, 0.717) is 6.54 Å². The van der Waals surface area contributed by atoms with Crippen LogP contribution in [0.3, 0.4) is 0 Å². The number of ether oxygens (including phenoxy) is 1. The van der Waals surface area contributed by atoms with E-state index in [1.165, 1.54) is 11.1 Å². The Balaban J connectivity index is 1.54. The summed E-state index contributed by atoms with van der Waals surface area (Å²) >= 11 is 0. The van der Waals surface area contributed by atoms with Crippen molar-refractivity contribution in [2.75, 3.05) is 53.5 Å². The van der Waals surface area contributed by atoms with E-state index in [1.807, 2.05) is 41.7 Å². The molecular formula is C22H31N3O2S. The molecule has 0 N–H and O–H groups in total. The second kappa shape index (κ2) is 10.8. The predicted octanol–water partition coefficient (Wildman–Crippen LogP) is 2.61. The number of piperazine rings is 1. The van der Waals surface area contributed by atoms with Crippen molar-refractivity contribution in [1.29, 1.82) is 0 Å². The van der Waals surface area contributed by atoms with E-state index in [1.54, 1.807) is 7.11 Å². The highest BCUT2D eigenvalue weighted by Gasteiger charge is 2.17. The van der Waals surface area contributed by atoms with Gasteiger partial charge in [-0.2, -0.15) is 0 Å². The molecule has 0 aromatic heterocycles. The number of benzene rings is 2. The van der Waals surface area contributed by atoms with Gasteiger partial charge in [-0.3, -0.25) is 9.80 Å². The minimum absolute atomic E-state index is 0.668. The summed E-state index contributed by atoms with van der Waals surface area (Å²) in [7, 11) is 2.50. The van der Waals surface area contributed by atoms with E-state index in [9.17, 15) is 4.21 Å². The monoisotopic (exact) mass is 401 g/mol. The van der Waals surface area contributed by atoms with Crippen molar-refractivity contribution in [2.45, 2.75) is 18.0 Å². The number of methoxy groups -OCH3 is 1. The van der Waals surface area contributed by atoms with E-state index in [4.69, 9.17) is 4.74 Å². The number of rotatable bonds is 9. The molecule has 28 heavy (non-hydrogen) atoms. The molecule has 1 heterocycles. The zero-order chi connectivity index (χ0) is 19.8. The summed E-state index contributed by atoms with van der Waals surface area (Å²) in [6.07, 6.45) is 0. The van der Waals surface area contributed by atoms with Gasteiger partial charge in [0.1, 0.15) is 11.0 Å². The molecular weight excluding hydrogens is 370 g/mol. The summed E-state index contributed by atoms with van der Waals surface area (Å²) in [6.45, 7) is 7.66. The van der Waals surface area contributed by atoms with Gasteiger partial charge in [0.2, 0.25) is 0 Å². The normalized spacial score (nSPS) is 17.1. The first-order chi connectivity index (χ1) is 13.7. The maximum Gasteiger partial charge on any atom is 0.127 e. The van der Waals surface area contributed by atoms with E-state index >= 15 is 0 Å². The van der Waals surface area contributed by atoms with Crippen molar-refractivity contribution >= 4 is 11.0 Å². The Morgan fingerprint density at radius 3 is 2.36 bits per heavy atom. The third-order valence-electron chi connectivity index (χ3n) is 5.11. The molecule has 0 radical (unpaired) electrons. The Morgan fingerprint density at radius 1 is 0.964 bits per heavy atom. The second-order valence-electron chi connectivity index (χ2n) is 7.28. The molecule has 0 amide bonds. The zero-order valence-electron chi connectivity index (χ0n) is 16.9. The van der Waals surface area contributed by atoms with Crippen LogP contribution in [0.15, 0.2) is 59.5 Å². The van der Waals surface area contributed by atoms with Gasteiger partial charge >= 0.3 is 0 Å². The van der Waals surface area contributed by atoms with Crippen molar-refractivity contribution in [3.8, 4) is 0 Å². The number of hydrogen-bond donors (Lipinski definition) is 0. The summed E-state index contributed by atoms with van der Waals surface area (Å²) in [4.78, 5) is 5.79. The SMILES string of the molecule is COCCN1CCN(Cc2cccc(S(=O)N(C)Cc3ccccc3)c2)CC1. The van der Waals surface area contributed by atoms with Gasteiger partial charge in [-0.1, -0.05) is 42.5 Å². The lowest BCUT2D eigenvalue weighted by molar-refractivity contribution is 0.0938. The van der Waals surface area contributed by atoms with Crippen molar-refractivity contribution in [3.05, 3.63) is 65.7 Å². The van der Waals surface area contributed by atoms with E-state index in [0.717, 1.165) is 50.8 Å². The van der Waals surface area contributed by atoms with Crippen molar-refractivity contribution in [1.82, 2.24) is 14.1 Å². The molecule has 6 heteroatoms. The largest absolute Gasteiger partial charge is 0.383 e. The highest BCUT2D eigenvalue weighted by Crippen LogP contribution is 2.16. The molecule has 5 nitrogen and oxygen atoms in total. The number of hydrogen-bond acceptors (Lipinski definition) is 4. The number of nitrogens with zero attached hydrogens (tertiary/aromatic N) is 3. The topological polar surface area (TPSA) is 36.0 Å². The van der Waals surface area contributed by atoms with Crippen LogP contribution in [0.4, 0.5) is 0 Å². The summed E-state index contributed by atoms with van der Waals surface area (Å²) < 4.78 is 20.0. The Labute approximate surface area is 171 Å². The van der Waals surface area contributed by atoms with Gasteiger partial charge < -0.3 is 4.74 Å². The highest BCUT2D eigenvalue weighted by molar-refractivity contribution is 7.82. The minimum atomic E-state index is -1.16. The Kier molecular flexibility index (Phi) is 8.18. The van der Waals surface area contributed by atoms with Crippen molar-refractivity contribution in [3.63, 3.8) is 0 Å². The van der Waals surface area contributed by atoms with Gasteiger partial charge in [0.15, 0.2) is 0 Å². The molecule has 3 rings (SSSR count). The Bertz CT molecular complexity index is 748. The standard InChI is InChI=1S/C22H31N3O2S/c1-23(18-20-7-4-3-5-8-20)28(26)22-10-6-9-21(17-22)19-25-13-11-24(12-14-25)15-16-27-2/h3-10,17H,11-16,18-19H2,1-2H3. The van der Waals surface area contributed by atoms with Crippen LogP contribution in [-0.4, -0.2) is 71.8 Å². The molecule has 1 aliphatic heterocycles. The maximum absolute atomic E-state index is 12.9. The quantitative estimate of drug-likeness (QED) is 0.647. The van der Waals surface area contributed by atoms with Crippen LogP contribution in [0, 0.1) is 0 Å². The molecule has 2 aromatic rings. The van der Waals surface area contributed by atoms with Crippen LogP contribution < -0.4 is 0 Å². The molecule has 2 aromatic carbocycles. The molecule has 1 aliphatic rings. The second-order valence-corrected chi connectivity index (χ2v) is 8.87. The lowest BCUT2D eigenvalue weighted by Crippen LogP contribution is -2.46. The van der Waals surface area contributed by atoms with E-state index < -0.39 is 11.0 Å². The van der Waals surface area contributed by atoms with Crippen LogP contribution in [0.2, 0.25) is 0 Å². The van der Waals surface area contributed by atoms with Crippen LogP contribution >= 0.6 is 0 Å². The van der Waals surface area contributed by atoms with Gasteiger partial charge in [0.25, 0.3) is 0 Å². The fourth-order valence-corrected chi connectivity index (χ4v) is 4.55.